The molecule has 1 unspecified atom stereocenters. The van der Waals surface area contributed by atoms with Gasteiger partial charge < -0.3 is 9.64 Å². The SMILES string of the molecule is CCCC(=O)C(C)c1ccc(C2CCN(c3ccc(OCC)cc3)CC2)cc1. The van der Waals surface area contributed by atoms with Gasteiger partial charge in [0.2, 0.25) is 0 Å². The number of carbonyl (C=O) groups is 1. The summed E-state index contributed by atoms with van der Waals surface area (Å²) in [6.45, 7) is 8.96. The van der Waals surface area contributed by atoms with Gasteiger partial charge in [0, 0.05) is 31.1 Å². The molecular formula is C25H33NO2. The Morgan fingerprint density at radius 3 is 2.25 bits per heavy atom. The van der Waals surface area contributed by atoms with E-state index in [2.05, 4.69) is 60.4 Å². The molecule has 0 radical (unpaired) electrons. The quantitative estimate of drug-likeness (QED) is 0.568. The minimum Gasteiger partial charge on any atom is -0.494 e. The number of carbonyl (C=O) groups excluding carboxylic acids is 1. The Morgan fingerprint density at radius 1 is 1.04 bits per heavy atom. The van der Waals surface area contributed by atoms with E-state index in [0.29, 0.717) is 24.7 Å². The third-order valence-corrected chi connectivity index (χ3v) is 5.90. The van der Waals surface area contributed by atoms with Crippen LogP contribution in [0.15, 0.2) is 48.5 Å². The average Bonchev–Trinajstić information content (AvgIpc) is 2.74. The largest absolute Gasteiger partial charge is 0.494 e. The van der Waals surface area contributed by atoms with Crippen molar-refractivity contribution in [2.24, 2.45) is 0 Å². The Balaban J connectivity index is 1.56. The third-order valence-electron chi connectivity index (χ3n) is 5.90. The van der Waals surface area contributed by atoms with Gasteiger partial charge in [-0.1, -0.05) is 38.1 Å². The highest BCUT2D eigenvalue weighted by atomic mass is 16.5. The molecule has 0 aliphatic carbocycles. The fraction of sp³-hybridized carbons (Fsp3) is 0.480. The summed E-state index contributed by atoms with van der Waals surface area (Å²) in [7, 11) is 0. The molecule has 0 amide bonds. The van der Waals surface area contributed by atoms with Crippen molar-refractivity contribution in [3.63, 3.8) is 0 Å². The van der Waals surface area contributed by atoms with Gasteiger partial charge in [-0.25, -0.2) is 0 Å². The molecule has 1 aliphatic rings. The highest BCUT2D eigenvalue weighted by Gasteiger charge is 2.21. The second-order valence-corrected chi connectivity index (χ2v) is 7.79. The standard InChI is InChI=1S/C25H33NO2/c1-4-6-25(27)19(3)20-7-9-21(10-8-20)22-15-17-26(18-16-22)23-11-13-24(14-12-23)28-5-2/h7-14,19,22H,4-6,15-18H2,1-3H3. The van der Waals surface area contributed by atoms with Crippen LogP contribution in [0.3, 0.4) is 0 Å². The van der Waals surface area contributed by atoms with Gasteiger partial charge in [0.05, 0.1) is 6.61 Å². The van der Waals surface area contributed by atoms with Crippen molar-refractivity contribution in [1.29, 1.82) is 0 Å². The molecule has 3 rings (SSSR count). The van der Waals surface area contributed by atoms with Crippen molar-refractivity contribution in [1.82, 2.24) is 0 Å². The van der Waals surface area contributed by atoms with Crippen molar-refractivity contribution in [2.45, 2.75) is 58.3 Å². The minimum atomic E-state index is 0.00973. The number of Topliss-reactive ketones (excluding diaryl/α,β-unsaturated/α-hetero) is 1. The van der Waals surface area contributed by atoms with Crippen LogP contribution in [-0.2, 0) is 4.79 Å². The van der Waals surface area contributed by atoms with Gasteiger partial charge in [-0.2, -0.15) is 0 Å². The van der Waals surface area contributed by atoms with E-state index in [0.717, 1.165) is 43.7 Å². The number of anilines is 1. The number of rotatable bonds is 8. The zero-order chi connectivity index (χ0) is 19.9. The summed E-state index contributed by atoms with van der Waals surface area (Å²) in [6, 6.07) is 17.2. The highest BCUT2D eigenvalue weighted by Crippen LogP contribution is 2.32. The smallest absolute Gasteiger partial charge is 0.140 e. The van der Waals surface area contributed by atoms with Gasteiger partial charge in [0.25, 0.3) is 0 Å². The molecule has 3 nitrogen and oxygen atoms in total. The molecule has 0 saturated carbocycles. The molecular weight excluding hydrogens is 346 g/mol. The normalized spacial score (nSPS) is 16.0. The van der Waals surface area contributed by atoms with Crippen LogP contribution in [0.1, 0.15) is 69.4 Å². The molecule has 1 aliphatic heterocycles. The van der Waals surface area contributed by atoms with E-state index in [1.54, 1.807) is 0 Å². The molecule has 2 aromatic rings. The van der Waals surface area contributed by atoms with Crippen LogP contribution < -0.4 is 9.64 Å². The first-order valence-electron chi connectivity index (χ1n) is 10.7. The zero-order valence-electron chi connectivity index (χ0n) is 17.5. The Hall–Kier alpha value is -2.29. The van der Waals surface area contributed by atoms with E-state index in [4.69, 9.17) is 4.74 Å². The van der Waals surface area contributed by atoms with E-state index >= 15 is 0 Å². The summed E-state index contributed by atoms with van der Waals surface area (Å²) in [5, 5.41) is 0. The number of ether oxygens (including phenoxy) is 1. The Labute approximate surface area is 169 Å². The van der Waals surface area contributed by atoms with Gasteiger partial charge in [-0.3, -0.25) is 4.79 Å². The highest BCUT2D eigenvalue weighted by molar-refractivity contribution is 5.85. The Bertz CT molecular complexity index is 743. The fourth-order valence-corrected chi connectivity index (χ4v) is 4.10. The molecule has 1 saturated heterocycles. The predicted octanol–water partition coefficient (Wildman–Crippen LogP) is 5.94. The van der Waals surface area contributed by atoms with Crippen molar-refractivity contribution in [3.8, 4) is 5.75 Å². The van der Waals surface area contributed by atoms with Crippen LogP contribution in [0.4, 0.5) is 5.69 Å². The van der Waals surface area contributed by atoms with Gasteiger partial charge in [-0.05, 0) is 67.5 Å². The summed E-state index contributed by atoms with van der Waals surface area (Å²) in [5.74, 6) is 1.90. The number of ketones is 1. The predicted molar refractivity (Wildman–Crippen MR) is 117 cm³/mol. The number of piperidine rings is 1. The van der Waals surface area contributed by atoms with Gasteiger partial charge in [0.15, 0.2) is 0 Å². The summed E-state index contributed by atoms with van der Waals surface area (Å²) in [5.41, 5.74) is 3.83. The van der Waals surface area contributed by atoms with E-state index in [9.17, 15) is 4.79 Å². The average molecular weight is 380 g/mol. The maximum absolute atomic E-state index is 12.1. The summed E-state index contributed by atoms with van der Waals surface area (Å²) < 4.78 is 5.54. The summed E-state index contributed by atoms with van der Waals surface area (Å²) >= 11 is 0. The minimum absolute atomic E-state index is 0.00973. The first-order chi connectivity index (χ1) is 13.6. The van der Waals surface area contributed by atoms with Crippen molar-refractivity contribution in [2.75, 3.05) is 24.6 Å². The Morgan fingerprint density at radius 2 is 1.68 bits per heavy atom. The molecule has 150 valence electrons. The second-order valence-electron chi connectivity index (χ2n) is 7.79. The molecule has 0 bridgehead atoms. The molecule has 2 aromatic carbocycles. The molecule has 0 N–H and O–H groups in total. The topological polar surface area (TPSA) is 29.5 Å². The monoisotopic (exact) mass is 379 g/mol. The molecule has 0 spiro atoms. The molecule has 1 atom stereocenters. The van der Waals surface area contributed by atoms with Crippen LogP contribution in [-0.4, -0.2) is 25.5 Å². The van der Waals surface area contributed by atoms with E-state index in [-0.39, 0.29) is 5.92 Å². The summed E-state index contributed by atoms with van der Waals surface area (Å²) in [6.07, 6.45) is 3.93. The van der Waals surface area contributed by atoms with Crippen molar-refractivity contribution < 1.29 is 9.53 Å². The van der Waals surface area contributed by atoms with Gasteiger partial charge in [0.1, 0.15) is 11.5 Å². The molecule has 28 heavy (non-hydrogen) atoms. The van der Waals surface area contributed by atoms with Crippen molar-refractivity contribution >= 4 is 11.5 Å². The maximum atomic E-state index is 12.1. The number of benzene rings is 2. The molecule has 0 aromatic heterocycles. The van der Waals surface area contributed by atoms with Crippen molar-refractivity contribution in [3.05, 3.63) is 59.7 Å². The van der Waals surface area contributed by atoms with Crippen LogP contribution >= 0.6 is 0 Å². The zero-order valence-corrected chi connectivity index (χ0v) is 17.5. The van der Waals surface area contributed by atoms with E-state index < -0.39 is 0 Å². The number of hydrogen-bond donors (Lipinski definition) is 0. The fourth-order valence-electron chi connectivity index (χ4n) is 4.10. The number of hydrogen-bond acceptors (Lipinski definition) is 3. The van der Waals surface area contributed by atoms with Gasteiger partial charge >= 0.3 is 0 Å². The first-order valence-corrected chi connectivity index (χ1v) is 10.7. The number of nitrogens with zero attached hydrogens (tertiary/aromatic N) is 1. The van der Waals surface area contributed by atoms with Crippen LogP contribution in [0.25, 0.3) is 0 Å². The van der Waals surface area contributed by atoms with Crippen LogP contribution in [0.5, 0.6) is 5.75 Å². The Kier molecular flexibility index (Phi) is 7.13. The molecule has 3 heteroatoms. The third kappa shape index (κ3) is 4.95. The van der Waals surface area contributed by atoms with Crippen LogP contribution in [0.2, 0.25) is 0 Å². The lowest BCUT2D eigenvalue weighted by atomic mass is 9.87. The first kappa shape index (κ1) is 20.4. The second kappa shape index (κ2) is 9.77. The van der Waals surface area contributed by atoms with Crippen LogP contribution in [0, 0.1) is 0 Å². The molecule has 1 heterocycles. The molecule has 1 fully saturated rings. The van der Waals surface area contributed by atoms with E-state index in [1.807, 2.05) is 13.8 Å². The lowest BCUT2D eigenvalue weighted by Gasteiger charge is -2.34. The lowest BCUT2D eigenvalue weighted by Crippen LogP contribution is -2.32. The van der Waals surface area contributed by atoms with E-state index in [1.165, 1.54) is 11.3 Å². The van der Waals surface area contributed by atoms with Gasteiger partial charge in [-0.15, -0.1) is 0 Å². The summed E-state index contributed by atoms with van der Waals surface area (Å²) in [4.78, 5) is 14.6. The lowest BCUT2D eigenvalue weighted by molar-refractivity contribution is -0.120. The maximum Gasteiger partial charge on any atom is 0.140 e.